The minimum Gasteiger partial charge on any atom is -0.550 e. The van der Waals surface area contributed by atoms with Crippen LogP contribution in [-0.2, 0) is 4.79 Å². The zero-order chi connectivity index (χ0) is 13.7. The highest BCUT2D eigenvalue weighted by Gasteiger charge is 2.02. The maximum Gasteiger partial charge on any atom is 0.108 e. The normalized spacial score (nSPS) is 11.9. The highest BCUT2D eigenvalue weighted by atomic mass is 16.4. The molecule has 1 atom stereocenters. The van der Waals surface area contributed by atoms with Crippen LogP contribution < -0.4 is 10.0 Å². The average molecular weight is 247 g/mol. The topological polar surface area (TPSA) is 64.8 Å². The summed E-state index contributed by atoms with van der Waals surface area (Å²) in [5, 5.41) is 18.4. The number of hydrogen-bond donors (Lipinski definition) is 2. The van der Waals surface area contributed by atoms with Crippen LogP contribution in [-0.4, -0.2) is 37.8 Å². The largest absolute Gasteiger partial charge is 0.550 e. The van der Waals surface area contributed by atoms with Gasteiger partial charge >= 0.3 is 0 Å². The minimum atomic E-state index is -0.920. The van der Waals surface area contributed by atoms with E-state index in [1.54, 1.807) is 0 Å². The van der Waals surface area contributed by atoms with Gasteiger partial charge in [0.1, 0.15) is 6.04 Å². The number of quaternary nitrogens is 1. The Bertz CT molecular complexity index is 172. The lowest BCUT2D eigenvalue weighted by Crippen LogP contribution is -3.10. The molecule has 0 fully saturated rings. The van der Waals surface area contributed by atoms with Gasteiger partial charge in [0.05, 0.1) is 20.7 Å². The Morgan fingerprint density at radius 2 is 1.76 bits per heavy atom. The molecule has 2 N–H and O–H groups in total. The van der Waals surface area contributed by atoms with E-state index in [1.807, 2.05) is 21.0 Å². The van der Waals surface area contributed by atoms with Gasteiger partial charge in [-0.1, -0.05) is 32.6 Å². The first-order chi connectivity index (χ1) is 7.95. The number of nitrogens with one attached hydrogen (secondary N) is 1. The SMILES string of the molecule is CC(CO)[NH+](C)C.CCCCCCCC(=O)[O-]. The van der Waals surface area contributed by atoms with E-state index in [9.17, 15) is 9.90 Å². The van der Waals surface area contributed by atoms with Crippen molar-refractivity contribution in [2.24, 2.45) is 0 Å². The molecule has 0 saturated heterocycles. The second-order valence-corrected chi connectivity index (χ2v) is 4.70. The zero-order valence-corrected chi connectivity index (χ0v) is 11.8. The van der Waals surface area contributed by atoms with Gasteiger partial charge in [-0.3, -0.25) is 0 Å². The molecule has 0 rings (SSSR count). The monoisotopic (exact) mass is 247 g/mol. The summed E-state index contributed by atoms with van der Waals surface area (Å²) < 4.78 is 0. The molecule has 0 aliphatic carbocycles. The van der Waals surface area contributed by atoms with Gasteiger partial charge in [0, 0.05) is 5.97 Å². The van der Waals surface area contributed by atoms with Crippen molar-refractivity contribution in [2.45, 2.75) is 58.4 Å². The highest BCUT2D eigenvalue weighted by Crippen LogP contribution is 2.03. The Hall–Kier alpha value is -0.610. The number of carboxylic acid groups (broad SMARTS) is 1. The van der Waals surface area contributed by atoms with E-state index in [2.05, 4.69) is 6.92 Å². The van der Waals surface area contributed by atoms with Crippen LogP contribution in [0.15, 0.2) is 0 Å². The molecule has 0 bridgehead atoms. The maximum atomic E-state index is 9.92. The predicted octanol–water partition coefficient (Wildman–Crippen LogP) is -0.391. The van der Waals surface area contributed by atoms with Crippen LogP contribution in [0.5, 0.6) is 0 Å². The summed E-state index contributed by atoms with van der Waals surface area (Å²) in [5.74, 6) is -0.920. The summed E-state index contributed by atoms with van der Waals surface area (Å²) >= 11 is 0. The van der Waals surface area contributed by atoms with Crippen molar-refractivity contribution in [3.8, 4) is 0 Å². The molecule has 0 aromatic carbocycles. The molecule has 0 aliphatic heterocycles. The number of carbonyl (C=O) groups is 1. The van der Waals surface area contributed by atoms with E-state index in [0.717, 1.165) is 19.3 Å². The predicted molar refractivity (Wildman–Crippen MR) is 67.7 cm³/mol. The van der Waals surface area contributed by atoms with Crippen molar-refractivity contribution in [2.75, 3.05) is 20.7 Å². The lowest BCUT2D eigenvalue weighted by molar-refractivity contribution is -0.884. The van der Waals surface area contributed by atoms with E-state index in [-0.39, 0.29) is 13.0 Å². The van der Waals surface area contributed by atoms with Crippen LogP contribution >= 0.6 is 0 Å². The van der Waals surface area contributed by atoms with Crippen LogP contribution in [0, 0.1) is 0 Å². The summed E-state index contributed by atoms with van der Waals surface area (Å²) in [6, 6.07) is 0.375. The Morgan fingerprint density at radius 3 is 2.06 bits per heavy atom. The smallest absolute Gasteiger partial charge is 0.108 e. The van der Waals surface area contributed by atoms with Crippen molar-refractivity contribution >= 4 is 5.97 Å². The van der Waals surface area contributed by atoms with E-state index in [4.69, 9.17) is 5.11 Å². The van der Waals surface area contributed by atoms with Crippen molar-refractivity contribution in [3.63, 3.8) is 0 Å². The molecule has 0 aromatic heterocycles. The van der Waals surface area contributed by atoms with E-state index in [0.29, 0.717) is 6.04 Å². The molecule has 0 saturated carbocycles. The molecule has 0 heterocycles. The summed E-state index contributed by atoms with van der Waals surface area (Å²) in [7, 11) is 4.06. The lowest BCUT2D eigenvalue weighted by atomic mass is 10.1. The molecule has 0 aliphatic rings. The molecule has 17 heavy (non-hydrogen) atoms. The fraction of sp³-hybridized carbons (Fsp3) is 0.923. The van der Waals surface area contributed by atoms with Gasteiger partial charge in [0.15, 0.2) is 0 Å². The highest BCUT2D eigenvalue weighted by molar-refractivity contribution is 5.63. The second kappa shape index (κ2) is 13.5. The maximum absolute atomic E-state index is 9.92. The van der Waals surface area contributed by atoms with Gasteiger partial charge in [-0.05, 0) is 19.8 Å². The van der Waals surface area contributed by atoms with Crippen LogP contribution in [0.4, 0.5) is 0 Å². The van der Waals surface area contributed by atoms with Crippen LogP contribution in [0.2, 0.25) is 0 Å². The summed E-state index contributed by atoms with van der Waals surface area (Å²) in [5.41, 5.74) is 0. The second-order valence-electron chi connectivity index (χ2n) is 4.70. The standard InChI is InChI=1S/C8H16O2.C5H13NO/c1-2-3-4-5-6-7-8(9)10;1-5(4-7)6(2)3/h2-7H2,1H3,(H,9,10);5,7H,4H2,1-3H3. The molecule has 4 nitrogen and oxygen atoms in total. The molecule has 0 spiro atoms. The van der Waals surface area contributed by atoms with Gasteiger partial charge < -0.3 is 19.9 Å². The summed E-state index contributed by atoms with van der Waals surface area (Å²) in [6.45, 7) is 4.43. The molecule has 0 aromatic rings. The van der Waals surface area contributed by atoms with Crippen molar-refractivity contribution < 1.29 is 19.9 Å². The Labute approximate surface area is 106 Å². The number of aliphatic carboxylic acids is 1. The number of hydrogen-bond acceptors (Lipinski definition) is 3. The average Bonchev–Trinajstić information content (AvgIpc) is 2.28. The first-order valence-corrected chi connectivity index (χ1v) is 6.56. The Morgan fingerprint density at radius 1 is 1.24 bits per heavy atom. The van der Waals surface area contributed by atoms with Crippen LogP contribution in [0.1, 0.15) is 52.4 Å². The fourth-order valence-corrected chi connectivity index (χ4v) is 1.06. The molecular formula is C13H29NO3. The molecular weight excluding hydrogens is 218 g/mol. The number of unbranched alkanes of at least 4 members (excludes halogenated alkanes) is 4. The minimum absolute atomic E-state index is 0.226. The Balaban J connectivity index is 0. The van der Waals surface area contributed by atoms with Crippen molar-refractivity contribution in [3.05, 3.63) is 0 Å². The number of aliphatic hydroxyl groups is 1. The number of carboxylic acids is 1. The zero-order valence-electron chi connectivity index (χ0n) is 11.8. The van der Waals surface area contributed by atoms with Crippen molar-refractivity contribution in [1.29, 1.82) is 0 Å². The van der Waals surface area contributed by atoms with E-state index >= 15 is 0 Å². The molecule has 104 valence electrons. The van der Waals surface area contributed by atoms with Gasteiger partial charge in [-0.15, -0.1) is 0 Å². The molecule has 0 amide bonds. The van der Waals surface area contributed by atoms with Gasteiger partial charge in [0.2, 0.25) is 0 Å². The number of likely N-dealkylation sites (N-methyl/N-ethyl adjacent to an activating group) is 1. The van der Waals surface area contributed by atoms with Gasteiger partial charge in [0.25, 0.3) is 0 Å². The summed E-state index contributed by atoms with van der Waals surface area (Å²) in [6.07, 6.45) is 5.61. The Kier molecular flexibility index (Phi) is 14.8. The fourth-order valence-electron chi connectivity index (χ4n) is 1.06. The van der Waals surface area contributed by atoms with E-state index < -0.39 is 5.97 Å². The quantitative estimate of drug-likeness (QED) is 0.574. The third kappa shape index (κ3) is 18.0. The van der Waals surface area contributed by atoms with Crippen LogP contribution in [0.3, 0.4) is 0 Å². The third-order valence-electron chi connectivity index (χ3n) is 2.74. The molecule has 0 radical (unpaired) electrons. The summed E-state index contributed by atoms with van der Waals surface area (Å²) in [4.78, 5) is 11.2. The van der Waals surface area contributed by atoms with E-state index in [1.165, 1.54) is 17.7 Å². The molecule has 1 unspecified atom stereocenters. The molecule has 4 heteroatoms. The van der Waals surface area contributed by atoms with Gasteiger partial charge in [-0.25, -0.2) is 0 Å². The first kappa shape index (κ1) is 18.7. The third-order valence-corrected chi connectivity index (χ3v) is 2.74. The lowest BCUT2D eigenvalue weighted by Gasteiger charge is -2.12. The van der Waals surface area contributed by atoms with Crippen molar-refractivity contribution in [1.82, 2.24) is 0 Å². The number of aliphatic hydroxyl groups excluding tert-OH is 1. The van der Waals surface area contributed by atoms with Crippen LogP contribution in [0.25, 0.3) is 0 Å². The first-order valence-electron chi connectivity index (χ1n) is 6.56. The van der Waals surface area contributed by atoms with Gasteiger partial charge in [-0.2, -0.15) is 0 Å². The number of rotatable bonds is 8. The number of carbonyl (C=O) groups excluding carboxylic acids is 1.